The first kappa shape index (κ1) is 10.6. The monoisotopic (exact) mass is 193 g/mol. The first-order valence-corrected chi connectivity index (χ1v) is 4.61. The Morgan fingerprint density at radius 1 is 1.64 bits per heavy atom. The van der Waals surface area contributed by atoms with Gasteiger partial charge in [0.1, 0.15) is 0 Å². The number of rotatable bonds is 5. The molecule has 0 fully saturated rings. The second-order valence-electron chi connectivity index (χ2n) is 3.27. The molecule has 0 aliphatic carbocycles. The fourth-order valence-corrected chi connectivity index (χ4v) is 1.25. The molecule has 0 aliphatic heterocycles. The first-order chi connectivity index (χ1) is 6.67. The number of aldehydes is 1. The van der Waals surface area contributed by atoms with Crippen LogP contribution >= 0.6 is 0 Å². The van der Waals surface area contributed by atoms with E-state index in [1.807, 2.05) is 18.7 Å². The molecule has 1 aromatic rings. The van der Waals surface area contributed by atoms with Gasteiger partial charge < -0.3 is 9.32 Å². The van der Waals surface area contributed by atoms with Crippen molar-refractivity contribution in [3.05, 3.63) is 30.0 Å². The lowest BCUT2D eigenvalue weighted by molar-refractivity contribution is 0.110. The Bertz CT molecular complexity index is 328. The maximum absolute atomic E-state index is 10.4. The number of hydrogen-bond donors (Lipinski definition) is 0. The van der Waals surface area contributed by atoms with Crippen molar-refractivity contribution >= 4 is 12.2 Å². The number of hydrogen-bond acceptors (Lipinski definition) is 3. The Labute approximate surface area is 84.0 Å². The third-order valence-corrected chi connectivity index (χ3v) is 1.88. The third-order valence-electron chi connectivity index (χ3n) is 1.88. The van der Waals surface area contributed by atoms with Gasteiger partial charge in [-0.05, 0) is 19.9 Å². The van der Waals surface area contributed by atoms with Crippen LogP contribution in [0.15, 0.2) is 28.7 Å². The van der Waals surface area contributed by atoms with Crippen LogP contribution in [0, 0.1) is 0 Å². The summed E-state index contributed by atoms with van der Waals surface area (Å²) in [6.07, 6.45) is 0.706. The summed E-state index contributed by atoms with van der Waals surface area (Å²) in [7, 11) is 0. The van der Waals surface area contributed by atoms with E-state index in [1.165, 1.54) is 0 Å². The van der Waals surface area contributed by atoms with E-state index in [4.69, 9.17) is 4.42 Å². The molecule has 0 aromatic carbocycles. The van der Waals surface area contributed by atoms with Crippen LogP contribution < -0.4 is 4.90 Å². The fraction of sp³-hybridized carbons (Fsp3) is 0.364. The van der Waals surface area contributed by atoms with Crippen LogP contribution in [0.1, 0.15) is 24.4 Å². The average molecular weight is 193 g/mol. The number of carbonyl (C=O) groups is 1. The van der Waals surface area contributed by atoms with Crippen molar-refractivity contribution in [3.63, 3.8) is 0 Å². The van der Waals surface area contributed by atoms with Gasteiger partial charge in [-0.2, -0.15) is 0 Å². The molecule has 0 atom stereocenters. The molecule has 0 aliphatic rings. The highest BCUT2D eigenvalue weighted by Crippen LogP contribution is 2.17. The summed E-state index contributed by atoms with van der Waals surface area (Å²) in [5, 5.41) is 0. The molecule has 3 heteroatoms. The van der Waals surface area contributed by atoms with Gasteiger partial charge in [-0.3, -0.25) is 4.79 Å². The molecular formula is C11H15NO2. The van der Waals surface area contributed by atoms with Gasteiger partial charge in [0.2, 0.25) is 0 Å². The molecule has 1 heterocycles. The molecule has 0 bridgehead atoms. The summed E-state index contributed by atoms with van der Waals surface area (Å²) in [4.78, 5) is 12.4. The molecule has 0 N–H and O–H groups in total. The molecule has 0 radical (unpaired) electrons. The number of nitrogens with zero attached hydrogens (tertiary/aromatic N) is 1. The zero-order chi connectivity index (χ0) is 10.6. The molecule has 1 aromatic heterocycles. The second-order valence-corrected chi connectivity index (χ2v) is 3.27. The van der Waals surface area contributed by atoms with Gasteiger partial charge in [0, 0.05) is 19.2 Å². The molecule has 0 saturated heterocycles. The lowest BCUT2D eigenvalue weighted by atomic mass is 10.3. The zero-order valence-corrected chi connectivity index (χ0v) is 8.62. The van der Waals surface area contributed by atoms with Crippen molar-refractivity contribution in [1.82, 2.24) is 0 Å². The minimum atomic E-state index is 0.361. The average Bonchev–Trinajstić information content (AvgIpc) is 2.62. The lowest BCUT2D eigenvalue weighted by Crippen LogP contribution is -2.23. The van der Waals surface area contributed by atoms with Gasteiger partial charge in [0.25, 0.3) is 0 Å². The second kappa shape index (κ2) is 4.65. The zero-order valence-electron chi connectivity index (χ0n) is 8.62. The van der Waals surface area contributed by atoms with Gasteiger partial charge in [-0.1, -0.05) is 12.2 Å². The summed E-state index contributed by atoms with van der Waals surface area (Å²) in [6.45, 7) is 9.43. The minimum absolute atomic E-state index is 0.361. The Hall–Kier alpha value is -1.51. The highest BCUT2D eigenvalue weighted by Gasteiger charge is 2.08. The van der Waals surface area contributed by atoms with E-state index in [2.05, 4.69) is 6.58 Å². The summed E-state index contributed by atoms with van der Waals surface area (Å²) >= 11 is 0. The lowest BCUT2D eigenvalue weighted by Gasteiger charge is -2.19. The van der Waals surface area contributed by atoms with Crippen LogP contribution in [-0.4, -0.2) is 19.4 Å². The van der Waals surface area contributed by atoms with Gasteiger partial charge in [-0.15, -0.1) is 0 Å². The van der Waals surface area contributed by atoms with Crippen LogP contribution in [-0.2, 0) is 0 Å². The van der Waals surface area contributed by atoms with Gasteiger partial charge in [0.15, 0.2) is 17.9 Å². The molecule has 76 valence electrons. The van der Waals surface area contributed by atoms with E-state index in [1.54, 1.807) is 12.1 Å². The van der Waals surface area contributed by atoms with Gasteiger partial charge >= 0.3 is 0 Å². The summed E-state index contributed by atoms with van der Waals surface area (Å²) in [5.41, 5.74) is 1.07. The van der Waals surface area contributed by atoms with Crippen molar-refractivity contribution in [2.45, 2.75) is 13.8 Å². The van der Waals surface area contributed by atoms with E-state index >= 15 is 0 Å². The Morgan fingerprint density at radius 2 is 2.36 bits per heavy atom. The maximum atomic E-state index is 10.4. The van der Waals surface area contributed by atoms with E-state index in [0.717, 1.165) is 24.5 Å². The quantitative estimate of drug-likeness (QED) is 0.532. The molecule has 3 nitrogen and oxygen atoms in total. The highest BCUT2D eigenvalue weighted by molar-refractivity contribution is 5.71. The minimum Gasteiger partial charge on any atom is -0.438 e. The topological polar surface area (TPSA) is 33.5 Å². The Morgan fingerprint density at radius 3 is 2.79 bits per heavy atom. The van der Waals surface area contributed by atoms with Crippen molar-refractivity contribution in [1.29, 1.82) is 0 Å². The number of likely N-dealkylation sites (N-methyl/N-ethyl adjacent to an activating group) is 1. The third kappa shape index (κ3) is 2.49. The predicted molar refractivity (Wildman–Crippen MR) is 56.8 cm³/mol. The molecule has 0 unspecified atom stereocenters. The number of carbonyl (C=O) groups excluding carboxylic acids is 1. The molecule has 0 saturated carbocycles. The predicted octanol–water partition coefficient (Wildman–Crippen LogP) is 2.49. The van der Waals surface area contributed by atoms with E-state index in [0.29, 0.717) is 12.0 Å². The molecular weight excluding hydrogens is 178 g/mol. The smallest absolute Gasteiger partial charge is 0.196 e. The van der Waals surface area contributed by atoms with Crippen molar-refractivity contribution < 1.29 is 9.21 Å². The van der Waals surface area contributed by atoms with E-state index in [-0.39, 0.29) is 0 Å². The van der Waals surface area contributed by atoms with Crippen LogP contribution in [0.3, 0.4) is 0 Å². The summed E-state index contributed by atoms with van der Waals surface area (Å²) in [5.74, 6) is 1.08. The van der Waals surface area contributed by atoms with Crippen molar-refractivity contribution in [3.8, 4) is 0 Å². The highest BCUT2D eigenvalue weighted by atomic mass is 16.4. The first-order valence-electron chi connectivity index (χ1n) is 4.61. The Kier molecular flexibility index (Phi) is 3.51. The molecule has 1 rings (SSSR count). The number of anilines is 1. The largest absolute Gasteiger partial charge is 0.438 e. The maximum Gasteiger partial charge on any atom is 0.196 e. The van der Waals surface area contributed by atoms with Crippen LogP contribution in [0.4, 0.5) is 5.88 Å². The van der Waals surface area contributed by atoms with E-state index < -0.39 is 0 Å². The van der Waals surface area contributed by atoms with Crippen LogP contribution in [0.25, 0.3) is 0 Å². The SMILES string of the molecule is C=C(C)CN(CC)c1ccc(C=O)o1. The van der Waals surface area contributed by atoms with Gasteiger partial charge in [-0.25, -0.2) is 0 Å². The molecule has 14 heavy (non-hydrogen) atoms. The molecule has 0 spiro atoms. The summed E-state index contributed by atoms with van der Waals surface area (Å²) < 4.78 is 5.30. The van der Waals surface area contributed by atoms with Crippen molar-refractivity contribution in [2.75, 3.05) is 18.0 Å². The van der Waals surface area contributed by atoms with E-state index in [9.17, 15) is 4.79 Å². The number of furan rings is 1. The van der Waals surface area contributed by atoms with Gasteiger partial charge in [0.05, 0.1) is 0 Å². The van der Waals surface area contributed by atoms with Crippen LogP contribution in [0.5, 0.6) is 0 Å². The fourth-order valence-electron chi connectivity index (χ4n) is 1.25. The standard InChI is InChI=1S/C11H15NO2/c1-4-12(7-9(2)3)11-6-5-10(8-13)14-11/h5-6,8H,2,4,7H2,1,3H3. The summed E-state index contributed by atoms with van der Waals surface area (Å²) in [6, 6.07) is 3.47. The molecule has 0 amide bonds. The van der Waals surface area contributed by atoms with Crippen LogP contribution in [0.2, 0.25) is 0 Å². The normalized spacial score (nSPS) is 9.86. The Balaban J connectivity index is 2.77. The van der Waals surface area contributed by atoms with Crippen molar-refractivity contribution in [2.24, 2.45) is 0 Å².